The lowest BCUT2D eigenvalue weighted by molar-refractivity contribution is 0.615. The van der Waals surface area contributed by atoms with E-state index in [4.69, 9.17) is 16.6 Å². The second-order valence-electron chi connectivity index (χ2n) is 7.15. The molecule has 0 bridgehead atoms. The lowest BCUT2D eigenvalue weighted by Crippen LogP contribution is -2.20. The molecule has 0 fully saturated rings. The number of nitrogens with zero attached hydrogens (tertiary/aromatic N) is 1. The first kappa shape index (κ1) is 18.3. The Labute approximate surface area is 178 Å². The molecule has 5 aromatic rings. The summed E-state index contributed by atoms with van der Waals surface area (Å²) in [6.45, 7) is 2.01. The van der Waals surface area contributed by atoms with Gasteiger partial charge in [0.05, 0.1) is 5.69 Å². The number of H-pyrrole nitrogens is 1. The van der Waals surface area contributed by atoms with Crippen LogP contribution in [0.2, 0.25) is 0 Å². The number of hydrogen-bond donors (Lipinski definition) is 1. The lowest BCUT2D eigenvalue weighted by atomic mass is 10.00. The summed E-state index contributed by atoms with van der Waals surface area (Å²) in [5.41, 5.74) is 4.57. The molecule has 2 heterocycles. The Bertz CT molecular complexity index is 1460. The number of aromatic nitrogens is 2. The van der Waals surface area contributed by atoms with E-state index >= 15 is 0 Å². The van der Waals surface area contributed by atoms with Crippen molar-refractivity contribution < 1.29 is 4.42 Å². The van der Waals surface area contributed by atoms with Crippen molar-refractivity contribution in [1.29, 1.82) is 0 Å². The highest BCUT2D eigenvalue weighted by Gasteiger charge is 2.22. The van der Waals surface area contributed by atoms with Gasteiger partial charge in [0.25, 0.3) is 5.56 Å². The normalized spacial score (nSPS) is 11.1. The predicted octanol–water partition coefficient (Wildman–Crippen LogP) is 6.28. The van der Waals surface area contributed by atoms with Crippen molar-refractivity contribution in [1.82, 2.24) is 9.55 Å². The minimum Gasteiger partial charge on any atom is -0.439 e. The molecule has 146 valence electrons. The maximum atomic E-state index is 13.7. The highest BCUT2D eigenvalue weighted by molar-refractivity contribution is 7.71. The van der Waals surface area contributed by atoms with Crippen molar-refractivity contribution in [2.24, 2.45) is 0 Å². The maximum absolute atomic E-state index is 13.7. The van der Waals surface area contributed by atoms with Crippen LogP contribution in [-0.4, -0.2) is 9.55 Å². The van der Waals surface area contributed by atoms with E-state index in [1.165, 1.54) is 4.57 Å². The van der Waals surface area contributed by atoms with Gasteiger partial charge in [-0.3, -0.25) is 9.36 Å². The molecule has 4 nitrogen and oxygen atoms in total. The summed E-state index contributed by atoms with van der Waals surface area (Å²) >= 11 is 5.52. The van der Waals surface area contributed by atoms with Crippen molar-refractivity contribution in [2.45, 2.75) is 6.92 Å². The fourth-order valence-corrected chi connectivity index (χ4v) is 3.96. The summed E-state index contributed by atoms with van der Waals surface area (Å²) in [7, 11) is 0. The van der Waals surface area contributed by atoms with Crippen LogP contribution in [0.3, 0.4) is 0 Å². The molecule has 5 heteroatoms. The number of nitrogens with one attached hydrogen (secondary N) is 1. The first-order valence-corrected chi connectivity index (χ1v) is 10.0. The highest BCUT2D eigenvalue weighted by atomic mass is 32.1. The molecule has 30 heavy (non-hydrogen) atoms. The minimum absolute atomic E-state index is 0.206. The Morgan fingerprint density at radius 3 is 2.07 bits per heavy atom. The molecule has 0 amide bonds. The number of aromatic amines is 1. The van der Waals surface area contributed by atoms with Gasteiger partial charge in [-0.2, -0.15) is 0 Å². The van der Waals surface area contributed by atoms with E-state index in [1.807, 2.05) is 91.9 Å². The second-order valence-corrected chi connectivity index (χ2v) is 7.54. The largest absolute Gasteiger partial charge is 0.439 e. The van der Waals surface area contributed by atoms with Gasteiger partial charge in [0.15, 0.2) is 4.77 Å². The first-order valence-electron chi connectivity index (χ1n) is 9.63. The molecule has 0 aliphatic heterocycles. The van der Waals surface area contributed by atoms with Crippen molar-refractivity contribution in [3.05, 3.63) is 106 Å². The van der Waals surface area contributed by atoms with Gasteiger partial charge in [-0.15, -0.1) is 0 Å². The number of fused-ring (bicyclic) bond motifs is 1. The predicted molar refractivity (Wildman–Crippen MR) is 123 cm³/mol. The molecule has 5 rings (SSSR count). The van der Waals surface area contributed by atoms with E-state index in [9.17, 15) is 4.79 Å². The van der Waals surface area contributed by atoms with Crippen molar-refractivity contribution in [3.8, 4) is 28.1 Å². The van der Waals surface area contributed by atoms with Gasteiger partial charge < -0.3 is 9.40 Å². The molecule has 0 atom stereocenters. The molecular weight excluding hydrogens is 392 g/mol. The number of benzene rings is 3. The van der Waals surface area contributed by atoms with Crippen molar-refractivity contribution >= 4 is 23.3 Å². The van der Waals surface area contributed by atoms with E-state index in [1.54, 1.807) is 0 Å². The molecule has 0 radical (unpaired) electrons. The Kier molecular flexibility index (Phi) is 4.45. The molecule has 2 aromatic heterocycles. The number of aryl methyl sites for hydroxylation is 1. The third-order valence-corrected chi connectivity index (χ3v) is 5.42. The monoisotopic (exact) mass is 410 g/mol. The van der Waals surface area contributed by atoms with Crippen LogP contribution in [0.25, 0.3) is 39.2 Å². The summed E-state index contributed by atoms with van der Waals surface area (Å²) in [6.07, 6.45) is 0. The maximum Gasteiger partial charge on any atom is 0.270 e. The average molecular weight is 410 g/mol. The zero-order valence-electron chi connectivity index (χ0n) is 16.3. The Morgan fingerprint density at radius 1 is 0.833 bits per heavy atom. The van der Waals surface area contributed by atoms with Gasteiger partial charge in [0, 0.05) is 11.1 Å². The Hall–Kier alpha value is -3.70. The van der Waals surface area contributed by atoms with E-state index in [2.05, 4.69) is 4.98 Å². The van der Waals surface area contributed by atoms with Crippen LogP contribution >= 0.6 is 12.2 Å². The van der Waals surface area contributed by atoms with E-state index in [-0.39, 0.29) is 5.56 Å². The number of furan rings is 1. The summed E-state index contributed by atoms with van der Waals surface area (Å²) in [4.78, 5) is 16.8. The van der Waals surface area contributed by atoms with Crippen LogP contribution in [0.5, 0.6) is 0 Å². The molecule has 0 saturated carbocycles. The Balaban J connectivity index is 1.90. The van der Waals surface area contributed by atoms with Gasteiger partial charge in [0.1, 0.15) is 11.1 Å². The van der Waals surface area contributed by atoms with Crippen LogP contribution in [-0.2, 0) is 0 Å². The van der Waals surface area contributed by atoms with Crippen LogP contribution in [0.4, 0.5) is 0 Å². The summed E-state index contributed by atoms with van der Waals surface area (Å²) in [6, 6.07) is 27.3. The van der Waals surface area contributed by atoms with Gasteiger partial charge in [-0.1, -0.05) is 78.4 Å². The zero-order chi connectivity index (χ0) is 20.7. The zero-order valence-corrected chi connectivity index (χ0v) is 17.1. The smallest absolute Gasteiger partial charge is 0.270 e. The fourth-order valence-electron chi connectivity index (χ4n) is 3.68. The van der Waals surface area contributed by atoms with Gasteiger partial charge in [-0.25, -0.2) is 0 Å². The summed E-state index contributed by atoms with van der Waals surface area (Å²) in [5.74, 6) is 0.640. The molecule has 0 unspecified atom stereocenters. The molecule has 0 saturated heterocycles. The van der Waals surface area contributed by atoms with Gasteiger partial charge in [0.2, 0.25) is 5.71 Å². The SMILES string of the molecule is Cc1ccc(-n2c(=S)[nH]c3oc(-c4ccccc4)c(-c4ccccc4)c3c2=O)cc1. The van der Waals surface area contributed by atoms with E-state index < -0.39 is 0 Å². The average Bonchev–Trinajstić information content (AvgIpc) is 3.16. The van der Waals surface area contributed by atoms with Gasteiger partial charge >= 0.3 is 0 Å². The minimum atomic E-state index is -0.206. The lowest BCUT2D eigenvalue weighted by Gasteiger charge is -2.07. The van der Waals surface area contributed by atoms with Crippen LogP contribution in [0, 0.1) is 11.7 Å². The topological polar surface area (TPSA) is 50.9 Å². The number of hydrogen-bond acceptors (Lipinski definition) is 3. The van der Waals surface area contributed by atoms with Crippen LogP contribution in [0.1, 0.15) is 5.56 Å². The fraction of sp³-hybridized carbons (Fsp3) is 0.0400. The van der Waals surface area contributed by atoms with Crippen LogP contribution < -0.4 is 5.56 Å². The molecular formula is C25H18N2O2S. The van der Waals surface area contributed by atoms with Crippen molar-refractivity contribution in [2.75, 3.05) is 0 Å². The van der Waals surface area contributed by atoms with E-state index in [0.29, 0.717) is 21.6 Å². The molecule has 0 spiro atoms. The van der Waals surface area contributed by atoms with Gasteiger partial charge in [-0.05, 0) is 36.8 Å². The molecule has 1 N–H and O–H groups in total. The van der Waals surface area contributed by atoms with E-state index in [0.717, 1.165) is 27.9 Å². The Morgan fingerprint density at radius 2 is 1.43 bits per heavy atom. The summed E-state index contributed by atoms with van der Waals surface area (Å²) < 4.78 is 7.99. The van der Waals surface area contributed by atoms with Crippen LogP contribution in [0.15, 0.2) is 94.1 Å². The first-order chi connectivity index (χ1) is 14.6. The highest BCUT2D eigenvalue weighted by Crippen LogP contribution is 2.38. The standard InChI is InChI=1S/C25H18N2O2S/c1-16-12-14-19(15-13-16)27-24(28)21-20(17-8-4-2-5-9-17)22(18-10-6-3-7-11-18)29-23(21)26-25(27)30/h2-15H,1H3,(H,26,30). The second kappa shape index (κ2) is 7.28. The summed E-state index contributed by atoms with van der Waals surface area (Å²) in [5, 5.41) is 0.481. The molecule has 3 aromatic carbocycles. The number of rotatable bonds is 3. The molecule has 0 aliphatic carbocycles. The third-order valence-electron chi connectivity index (χ3n) is 5.14. The van der Waals surface area contributed by atoms with Crippen molar-refractivity contribution in [3.63, 3.8) is 0 Å². The third kappa shape index (κ3) is 3.00. The molecule has 0 aliphatic rings. The quantitative estimate of drug-likeness (QED) is 0.356.